The standard InChI is InChI=1S/C12H14BrFN2O3S/c13-10-7-9(14)1-2-11(10)20(18,19)16-5-3-8(4-6-16)12(15)17/h1-2,7-8H,3-6H2,(H2,15,17). The molecule has 2 rings (SSSR count). The number of sulfonamides is 1. The van der Waals surface area contributed by atoms with Crippen LogP contribution in [0, 0.1) is 11.7 Å². The maximum absolute atomic E-state index is 13.0. The van der Waals surface area contributed by atoms with E-state index in [9.17, 15) is 17.6 Å². The van der Waals surface area contributed by atoms with Crippen molar-refractivity contribution in [3.8, 4) is 0 Å². The number of hydrogen-bond acceptors (Lipinski definition) is 3. The van der Waals surface area contributed by atoms with E-state index < -0.39 is 21.7 Å². The molecule has 1 aliphatic heterocycles. The van der Waals surface area contributed by atoms with Gasteiger partial charge in [-0.3, -0.25) is 4.79 Å². The molecule has 20 heavy (non-hydrogen) atoms. The number of nitrogens with zero attached hydrogens (tertiary/aromatic N) is 1. The molecule has 0 bridgehead atoms. The van der Waals surface area contributed by atoms with E-state index in [4.69, 9.17) is 5.73 Å². The Morgan fingerprint density at radius 3 is 2.45 bits per heavy atom. The van der Waals surface area contributed by atoms with Gasteiger partial charge in [-0.05, 0) is 47.0 Å². The van der Waals surface area contributed by atoms with Gasteiger partial charge in [0.15, 0.2) is 0 Å². The van der Waals surface area contributed by atoms with Crippen LogP contribution in [0.15, 0.2) is 27.6 Å². The first-order chi connectivity index (χ1) is 9.32. The van der Waals surface area contributed by atoms with Crippen molar-refractivity contribution in [2.75, 3.05) is 13.1 Å². The molecule has 0 atom stereocenters. The number of amides is 1. The van der Waals surface area contributed by atoms with Gasteiger partial charge in [0, 0.05) is 23.5 Å². The van der Waals surface area contributed by atoms with Gasteiger partial charge in [0.1, 0.15) is 5.82 Å². The summed E-state index contributed by atoms with van der Waals surface area (Å²) in [5.74, 6) is -1.19. The zero-order valence-electron chi connectivity index (χ0n) is 10.6. The normalized spacial score (nSPS) is 18.1. The topological polar surface area (TPSA) is 80.5 Å². The van der Waals surface area contributed by atoms with Crippen molar-refractivity contribution < 1.29 is 17.6 Å². The molecule has 1 aromatic carbocycles. The molecule has 110 valence electrons. The molecular formula is C12H14BrFN2O3S. The monoisotopic (exact) mass is 364 g/mol. The molecule has 0 radical (unpaired) electrons. The largest absolute Gasteiger partial charge is 0.369 e. The van der Waals surface area contributed by atoms with Crippen LogP contribution in [0.3, 0.4) is 0 Å². The maximum Gasteiger partial charge on any atom is 0.244 e. The third-order valence-electron chi connectivity index (χ3n) is 3.37. The van der Waals surface area contributed by atoms with Gasteiger partial charge < -0.3 is 5.73 Å². The van der Waals surface area contributed by atoms with Crippen molar-refractivity contribution in [2.24, 2.45) is 11.7 Å². The molecule has 0 aromatic heterocycles. The van der Waals surface area contributed by atoms with Gasteiger partial charge in [-0.25, -0.2) is 12.8 Å². The van der Waals surface area contributed by atoms with Crippen LogP contribution in [0.1, 0.15) is 12.8 Å². The Morgan fingerprint density at radius 1 is 1.35 bits per heavy atom. The fraction of sp³-hybridized carbons (Fsp3) is 0.417. The Bertz CT molecular complexity index is 628. The average molecular weight is 365 g/mol. The third kappa shape index (κ3) is 3.02. The van der Waals surface area contributed by atoms with E-state index in [0.29, 0.717) is 12.8 Å². The van der Waals surface area contributed by atoms with Gasteiger partial charge in [-0.15, -0.1) is 0 Å². The van der Waals surface area contributed by atoms with Crippen LogP contribution in [0.4, 0.5) is 4.39 Å². The number of carbonyl (C=O) groups is 1. The minimum atomic E-state index is -3.69. The van der Waals surface area contributed by atoms with Crippen LogP contribution in [-0.4, -0.2) is 31.7 Å². The number of halogens is 2. The number of piperidine rings is 1. The van der Waals surface area contributed by atoms with Crippen LogP contribution in [0.25, 0.3) is 0 Å². The second-order valence-electron chi connectivity index (χ2n) is 4.66. The van der Waals surface area contributed by atoms with Crippen LogP contribution in [-0.2, 0) is 14.8 Å². The van der Waals surface area contributed by atoms with E-state index in [0.717, 1.165) is 12.1 Å². The molecular weight excluding hydrogens is 351 g/mol. The number of rotatable bonds is 3. The van der Waals surface area contributed by atoms with Gasteiger partial charge in [0.05, 0.1) is 4.90 Å². The quantitative estimate of drug-likeness (QED) is 0.881. The highest BCUT2D eigenvalue weighted by Gasteiger charge is 2.32. The molecule has 1 aliphatic rings. The van der Waals surface area contributed by atoms with E-state index in [1.165, 1.54) is 10.4 Å². The second-order valence-corrected chi connectivity index (χ2v) is 7.42. The summed E-state index contributed by atoms with van der Waals surface area (Å²) in [6.45, 7) is 0.472. The van der Waals surface area contributed by atoms with Crippen LogP contribution >= 0.6 is 15.9 Å². The van der Waals surface area contributed by atoms with Crippen molar-refractivity contribution in [3.05, 3.63) is 28.5 Å². The summed E-state index contributed by atoms with van der Waals surface area (Å²) >= 11 is 3.06. The van der Waals surface area contributed by atoms with Crippen molar-refractivity contribution in [2.45, 2.75) is 17.7 Å². The zero-order valence-corrected chi connectivity index (χ0v) is 13.0. The van der Waals surface area contributed by atoms with Crippen molar-refractivity contribution in [1.82, 2.24) is 4.31 Å². The first kappa shape index (κ1) is 15.4. The number of nitrogens with two attached hydrogens (primary N) is 1. The minimum absolute atomic E-state index is 0.0245. The minimum Gasteiger partial charge on any atom is -0.369 e. The van der Waals surface area contributed by atoms with Gasteiger partial charge in [-0.2, -0.15) is 4.31 Å². The molecule has 1 saturated heterocycles. The summed E-state index contributed by atoms with van der Waals surface area (Å²) < 4.78 is 39.4. The SMILES string of the molecule is NC(=O)C1CCN(S(=O)(=O)c2ccc(F)cc2Br)CC1. The Balaban J connectivity index is 2.22. The Hall–Kier alpha value is -0.990. The van der Waals surface area contributed by atoms with Gasteiger partial charge in [0.2, 0.25) is 15.9 Å². The number of hydrogen-bond donors (Lipinski definition) is 1. The average Bonchev–Trinajstić information content (AvgIpc) is 2.38. The summed E-state index contributed by atoms with van der Waals surface area (Å²) in [5.41, 5.74) is 5.22. The Kier molecular flexibility index (Phi) is 4.46. The molecule has 8 heteroatoms. The van der Waals surface area contributed by atoms with Crippen LogP contribution in [0.2, 0.25) is 0 Å². The molecule has 1 fully saturated rings. The lowest BCUT2D eigenvalue weighted by Gasteiger charge is -2.29. The van der Waals surface area contributed by atoms with Crippen LogP contribution in [0.5, 0.6) is 0 Å². The van der Waals surface area contributed by atoms with Crippen LogP contribution < -0.4 is 5.73 Å². The fourth-order valence-corrected chi connectivity index (χ4v) is 4.68. The summed E-state index contributed by atoms with van der Waals surface area (Å²) in [6.07, 6.45) is 0.820. The number of carbonyl (C=O) groups excluding carboxylic acids is 1. The van der Waals surface area contributed by atoms with E-state index in [1.54, 1.807) is 0 Å². The fourth-order valence-electron chi connectivity index (χ4n) is 2.20. The lowest BCUT2D eigenvalue weighted by molar-refractivity contribution is -0.122. The number of benzene rings is 1. The lowest BCUT2D eigenvalue weighted by Crippen LogP contribution is -2.41. The zero-order chi connectivity index (χ0) is 14.9. The van der Waals surface area contributed by atoms with Gasteiger partial charge in [0.25, 0.3) is 0 Å². The lowest BCUT2D eigenvalue weighted by atomic mass is 9.98. The van der Waals surface area contributed by atoms with Crippen molar-refractivity contribution in [1.29, 1.82) is 0 Å². The molecule has 0 saturated carbocycles. The molecule has 2 N–H and O–H groups in total. The van der Waals surface area contributed by atoms with Crippen molar-refractivity contribution in [3.63, 3.8) is 0 Å². The van der Waals surface area contributed by atoms with E-state index in [1.807, 2.05) is 0 Å². The summed E-state index contributed by atoms with van der Waals surface area (Å²) in [4.78, 5) is 11.1. The predicted octanol–water partition coefficient (Wildman–Crippen LogP) is 1.47. The first-order valence-electron chi connectivity index (χ1n) is 6.07. The summed E-state index contributed by atoms with van der Waals surface area (Å²) in [6, 6.07) is 3.45. The predicted molar refractivity (Wildman–Crippen MR) is 74.8 cm³/mol. The van der Waals surface area contributed by atoms with Gasteiger partial charge >= 0.3 is 0 Å². The molecule has 5 nitrogen and oxygen atoms in total. The first-order valence-corrected chi connectivity index (χ1v) is 8.30. The highest BCUT2D eigenvalue weighted by molar-refractivity contribution is 9.10. The molecule has 1 heterocycles. The maximum atomic E-state index is 13.0. The molecule has 0 unspecified atom stereocenters. The molecule has 1 aromatic rings. The Labute approximate surface area is 125 Å². The highest BCUT2D eigenvalue weighted by atomic mass is 79.9. The summed E-state index contributed by atoms with van der Waals surface area (Å²) in [5, 5.41) is 0. The Morgan fingerprint density at radius 2 is 1.95 bits per heavy atom. The number of primary amides is 1. The smallest absolute Gasteiger partial charge is 0.244 e. The van der Waals surface area contributed by atoms with E-state index >= 15 is 0 Å². The molecule has 1 amide bonds. The third-order valence-corrected chi connectivity index (χ3v) is 6.24. The second kappa shape index (κ2) is 5.79. The van der Waals surface area contributed by atoms with Crippen molar-refractivity contribution >= 4 is 31.9 Å². The van der Waals surface area contributed by atoms with E-state index in [2.05, 4.69) is 15.9 Å². The van der Waals surface area contributed by atoms with Gasteiger partial charge in [-0.1, -0.05) is 0 Å². The molecule has 0 spiro atoms. The molecule has 0 aliphatic carbocycles. The van der Waals surface area contributed by atoms with E-state index in [-0.39, 0.29) is 28.4 Å². The highest BCUT2D eigenvalue weighted by Crippen LogP contribution is 2.28. The summed E-state index contributed by atoms with van der Waals surface area (Å²) in [7, 11) is -3.69.